The van der Waals surface area contributed by atoms with Crippen LogP contribution in [0.1, 0.15) is 67.9 Å². The summed E-state index contributed by atoms with van der Waals surface area (Å²) in [6.07, 6.45) is 4.34. The number of hydrogen-bond donors (Lipinski definition) is 2. The van der Waals surface area contributed by atoms with Crippen LogP contribution in [0.25, 0.3) is 27.7 Å². The molecule has 1 atom stereocenters. The molecule has 5 heterocycles. The van der Waals surface area contributed by atoms with Crippen molar-refractivity contribution >= 4 is 32.6 Å². The number of nitrogens with zero attached hydrogens (tertiary/aromatic N) is 4. The van der Waals surface area contributed by atoms with Gasteiger partial charge in [-0.3, -0.25) is 9.69 Å². The molecule has 1 amide bonds. The van der Waals surface area contributed by atoms with E-state index in [1.807, 2.05) is 29.2 Å². The van der Waals surface area contributed by atoms with E-state index >= 15 is 0 Å². The first kappa shape index (κ1) is 30.4. The molecule has 2 N–H and O–H groups in total. The third-order valence-corrected chi connectivity index (χ3v) is 12.0. The fraction of sp³-hybridized carbons (Fsp3) is 0.500. The highest BCUT2D eigenvalue weighted by molar-refractivity contribution is 7.87. The van der Waals surface area contributed by atoms with Crippen molar-refractivity contribution in [2.24, 2.45) is 0 Å². The van der Waals surface area contributed by atoms with Crippen molar-refractivity contribution in [3.63, 3.8) is 0 Å². The Kier molecular flexibility index (Phi) is 8.02. The van der Waals surface area contributed by atoms with Gasteiger partial charge in [-0.25, -0.2) is 0 Å². The van der Waals surface area contributed by atoms with Crippen LogP contribution in [-0.4, -0.2) is 91.5 Å². The summed E-state index contributed by atoms with van der Waals surface area (Å²) in [4.78, 5) is 18.6. The summed E-state index contributed by atoms with van der Waals surface area (Å²) in [5, 5.41) is 12.3. The molecular weight excluding hydrogens is 590 g/mol. The zero-order chi connectivity index (χ0) is 31.5. The number of rotatable bonds is 2. The number of aliphatic hydroxyl groups excluding tert-OH is 1. The fourth-order valence-corrected chi connectivity index (χ4v) is 8.64. The van der Waals surface area contributed by atoms with Gasteiger partial charge in [-0.15, -0.1) is 0 Å². The molecule has 10 nitrogen and oxygen atoms in total. The quantitative estimate of drug-likeness (QED) is 0.441. The molecule has 0 radical (unpaired) electrons. The maximum atomic E-state index is 14.4. The Morgan fingerprint density at radius 1 is 0.933 bits per heavy atom. The lowest BCUT2D eigenvalue weighted by molar-refractivity contribution is -0.129. The highest BCUT2D eigenvalue weighted by Crippen LogP contribution is 2.48. The van der Waals surface area contributed by atoms with Gasteiger partial charge in [0.25, 0.3) is 16.1 Å². The zero-order valence-electron chi connectivity index (χ0n) is 26.4. The standard InChI is InChI=1S/C34H43N5O5S/c1-22-28-20-25(44-3)10-12-26(28)32-31(23-7-5-4-6-8-23)27-11-9-24-19-30(27)39(32)21-29(22)34(41)38-17-15-37(16-18-38)14-13-36(2)45(42,43)35-33(24)40/h9-12,19-20,23,33,35,40H,4-8,13-18,21H2,1-3H3. The number of amides is 1. The Morgan fingerprint density at radius 3 is 2.40 bits per heavy atom. The average molecular weight is 634 g/mol. The van der Waals surface area contributed by atoms with E-state index in [2.05, 4.69) is 33.2 Å². The van der Waals surface area contributed by atoms with Gasteiger partial charge in [0.05, 0.1) is 19.3 Å². The van der Waals surface area contributed by atoms with Gasteiger partial charge >= 0.3 is 0 Å². The van der Waals surface area contributed by atoms with Crippen molar-refractivity contribution in [3.05, 3.63) is 58.7 Å². The Morgan fingerprint density at radius 2 is 1.67 bits per heavy atom. The molecule has 6 bridgehead atoms. The predicted molar refractivity (Wildman–Crippen MR) is 175 cm³/mol. The van der Waals surface area contributed by atoms with Crippen LogP contribution >= 0.6 is 0 Å². The summed E-state index contributed by atoms with van der Waals surface area (Å²) in [6.45, 7) is 5.73. The first-order chi connectivity index (χ1) is 21.7. The van der Waals surface area contributed by atoms with Gasteiger partial charge in [-0.2, -0.15) is 17.4 Å². The van der Waals surface area contributed by atoms with E-state index in [0.29, 0.717) is 50.7 Å². The van der Waals surface area contributed by atoms with E-state index in [9.17, 15) is 18.3 Å². The fourth-order valence-electron chi connectivity index (χ4n) is 7.72. The first-order valence-corrected chi connectivity index (χ1v) is 17.6. The normalized spacial score (nSPS) is 23.5. The Balaban J connectivity index is 1.49. The van der Waals surface area contributed by atoms with Gasteiger partial charge in [0.15, 0.2) is 0 Å². The van der Waals surface area contributed by atoms with Crippen molar-refractivity contribution in [2.45, 2.75) is 57.7 Å². The third kappa shape index (κ3) is 5.38. The van der Waals surface area contributed by atoms with Crippen molar-refractivity contribution in [3.8, 4) is 17.0 Å². The van der Waals surface area contributed by atoms with E-state index in [1.165, 1.54) is 36.2 Å². The number of aliphatic hydroxyl groups is 1. The SMILES string of the molecule is COc1ccc2c(c1)C(C)=C1Cn3c-2c(C2CCCCC2)c2ccc(cc23)C(O)NS(=O)(=O)N(C)CCN2CCN(CC2)C1=O. The van der Waals surface area contributed by atoms with Crippen molar-refractivity contribution in [1.82, 2.24) is 23.4 Å². The van der Waals surface area contributed by atoms with Crippen LogP contribution < -0.4 is 9.46 Å². The summed E-state index contributed by atoms with van der Waals surface area (Å²) in [5.41, 5.74) is 7.50. The van der Waals surface area contributed by atoms with Crippen LogP contribution in [0.4, 0.5) is 0 Å². The van der Waals surface area contributed by atoms with Crippen LogP contribution in [0.3, 0.4) is 0 Å². The molecule has 1 aromatic heterocycles. The Hall–Kier alpha value is -3.22. The van der Waals surface area contributed by atoms with Crippen LogP contribution in [0.5, 0.6) is 5.75 Å². The average Bonchev–Trinajstić information content (AvgIpc) is 3.31. The van der Waals surface area contributed by atoms with Gasteiger partial charge in [-0.1, -0.05) is 31.4 Å². The lowest BCUT2D eigenvalue weighted by Crippen LogP contribution is -2.51. The summed E-state index contributed by atoms with van der Waals surface area (Å²) >= 11 is 0. The second-order valence-electron chi connectivity index (χ2n) is 13.0. The number of ether oxygens (including phenoxy) is 1. The van der Waals surface area contributed by atoms with Crippen molar-refractivity contribution < 1.29 is 23.1 Å². The van der Waals surface area contributed by atoms with E-state index in [0.717, 1.165) is 57.5 Å². The minimum absolute atomic E-state index is 0.0386. The number of carbonyl (C=O) groups is 1. The molecule has 2 aromatic carbocycles. The number of piperazine rings is 1. The molecule has 240 valence electrons. The number of fused-ring (bicyclic) bond motifs is 9. The van der Waals surface area contributed by atoms with Crippen LogP contribution in [0.2, 0.25) is 0 Å². The molecule has 8 rings (SSSR count). The monoisotopic (exact) mass is 633 g/mol. The number of aromatic nitrogens is 1. The molecule has 4 aliphatic heterocycles. The number of nitrogens with one attached hydrogen (secondary N) is 1. The van der Waals surface area contributed by atoms with E-state index < -0.39 is 16.4 Å². The molecule has 1 saturated carbocycles. The molecule has 1 saturated heterocycles. The topological polar surface area (TPSA) is 107 Å². The van der Waals surface area contributed by atoms with Crippen molar-refractivity contribution in [1.29, 1.82) is 0 Å². The summed E-state index contributed by atoms with van der Waals surface area (Å²) in [6, 6.07) is 11.9. The Labute approximate surface area is 265 Å². The number of hydrogen-bond acceptors (Lipinski definition) is 6. The van der Waals surface area contributed by atoms with Gasteiger partial charge in [0, 0.05) is 68.4 Å². The highest BCUT2D eigenvalue weighted by Gasteiger charge is 2.34. The minimum atomic E-state index is -3.95. The first-order valence-electron chi connectivity index (χ1n) is 16.1. The molecule has 11 heteroatoms. The smallest absolute Gasteiger partial charge is 0.281 e. The van der Waals surface area contributed by atoms with Crippen LogP contribution in [0.15, 0.2) is 42.0 Å². The lowest BCUT2D eigenvalue weighted by Gasteiger charge is -2.36. The number of likely N-dealkylation sites (N-methyl/N-ethyl adjacent to an activating group) is 1. The minimum Gasteiger partial charge on any atom is -0.497 e. The second kappa shape index (κ2) is 11.9. The van der Waals surface area contributed by atoms with Gasteiger partial charge in [-0.05, 0) is 72.2 Å². The second-order valence-corrected chi connectivity index (χ2v) is 14.8. The third-order valence-electron chi connectivity index (χ3n) is 10.4. The Bertz CT molecular complexity index is 1780. The summed E-state index contributed by atoms with van der Waals surface area (Å²) in [7, 11) is -0.752. The molecule has 0 spiro atoms. The molecule has 1 unspecified atom stereocenters. The number of benzene rings is 2. The van der Waals surface area contributed by atoms with E-state index in [1.54, 1.807) is 7.11 Å². The zero-order valence-corrected chi connectivity index (χ0v) is 27.2. The molecular formula is C34H43N5O5S. The molecule has 3 aromatic rings. The number of carbonyl (C=O) groups excluding carboxylic acids is 1. The van der Waals surface area contributed by atoms with Crippen LogP contribution in [-0.2, 0) is 21.5 Å². The van der Waals surface area contributed by atoms with E-state index in [4.69, 9.17) is 4.74 Å². The molecule has 1 aliphatic carbocycles. The highest BCUT2D eigenvalue weighted by atomic mass is 32.2. The molecule has 45 heavy (non-hydrogen) atoms. The maximum Gasteiger partial charge on any atom is 0.281 e. The number of allylic oxidation sites excluding steroid dienone is 1. The molecule has 2 fully saturated rings. The number of methoxy groups -OCH3 is 1. The summed E-state index contributed by atoms with van der Waals surface area (Å²) < 4.78 is 38.1. The summed E-state index contributed by atoms with van der Waals surface area (Å²) in [5.74, 6) is 1.14. The van der Waals surface area contributed by atoms with Gasteiger partial charge in [0.2, 0.25) is 0 Å². The van der Waals surface area contributed by atoms with Gasteiger partial charge < -0.3 is 19.3 Å². The predicted octanol–water partition coefficient (Wildman–Crippen LogP) is 4.07. The lowest BCUT2D eigenvalue weighted by atomic mass is 9.81. The van der Waals surface area contributed by atoms with Gasteiger partial charge in [0.1, 0.15) is 12.0 Å². The van der Waals surface area contributed by atoms with Crippen molar-refractivity contribution in [2.75, 3.05) is 53.4 Å². The largest absolute Gasteiger partial charge is 0.497 e. The molecule has 5 aliphatic rings. The van der Waals surface area contributed by atoms with E-state index in [-0.39, 0.29) is 12.5 Å². The maximum absolute atomic E-state index is 14.4. The van der Waals surface area contributed by atoms with Crippen LogP contribution in [0, 0.1) is 0 Å².